The smallest absolute Gasteiger partial charge is 0.0894 e. The molecule has 1 heterocycles. The van der Waals surface area contributed by atoms with Crippen molar-refractivity contribution in [2.75, 3.05) is 0 Å². The van der Waals surface area contributed by atoms with Gasteiger partial charge >= 0.3 is 0 Å². The van der Waals surface area contributed by atoms with Crippen LogP contribution in [-0.4, -0.2) is 11.0 Å². The van der Waals surface area contributed by atoms with Gasteiger partial charge in [0, 0.05) is 23.7 Å². The molecule has 0 unspecified atom stereocenters. The van der Waals surface area contributed by atoms with Gasteiger partial charge in [0.1, 0.15) is 0 Å². The van der Waals surface area contributed by atoms with Crippen LogP contribution in [0.25, 0.3) is 10.9 Å². The van der Waals surface area contributed by atoms with E-state index in [0.717, 1.165) is 29.5 Å². The standard InChI is InChI=1S/C17H19ClN2/c18-15-6-3-5-13-14(10-19-11-8-9-11)12-4-1-2-7-16(12)20-17(13)15/h3,5-6,11,19H,1-2,4,7-10H2. The van der Waals surface area contributed by atoms with E-state index in [2.05, 4.69) is 11.4 Å². The second-order valence-electron chi connectivity index (χ2n) is 6.01. The van der Waals surface area contributed by atoms with Crippen molar-refractivity contribution in [3.63, 3.8) is 0 Å². The summed E-state index contributed by atoms with van der Waals surface area (Å²) in [4.78, 5) is 4.86. The zero-order chi connectivity index (χ0) is 13.5. The molecule has 0 bridgehead atoms. The third-order valence-electron chi connectivity index (χ3n) is 4.51. The summed E-state index contributed by atoms with van der Waals surface area (Å²) in [6.07, 6.45) is 7.47. The molecule has 104 valence electrons. The van der Waals surface area contributed by atoms with Gasteiger partial charge in [-0.2, -0.15) is 0 Å². The monoisotopic (exact) mass is 286 g/mol. The third kappa shape index (κ3) is 2.21. The molecule has 1 aromatic heterocycles. The fourth-order valence-corrected chi connectivity index (χ4v) is 3.46. The molecule has 0 saturated heterocycles. The minimum Gasteiger partial charge on any atom is -0.310 e. The summed E-state index contributed by atoms with van der Waals surface area (Å²) in [5.41, 5.74) is 5.20. The lowest BCUT2D eigenvalue weighted by Gasteiger charge is -2.21. The Morgan fingerprint density at radius 1 is 1.20 bits per heavy atom. The summed E-state index contributed by atoms with van der Waals surface area (Å²) in [5.74, 6) is 0. The van der Waals surface area contributed by atoms with Gasteiger partial charge in [-0.05, 0) is 55.7 Å². The first-order valence-corrected chi connectivity index (χ1v) is 8.03. The van der Waals surface area contributed by atoms with Crippen molar-refractivity contribution in [3.8, 4) is 0 Å². The van der Waals surface area contributed by atoms with Crippen LogP contribution in [0.3, 0.4) is 0 Å². The van der Waals surface area contributed by atoms with Gasteiger partial charge < -0.3 is 5.32 Å². The molecule has 1 aromatic carbocycles. The molecule has 0 radical (unpaired) electrons. The lowest BCUT2D eigenvalue weighted by molar-refractivity contribution is 0.642. The van der Waals surface area contributed by atoms with Crippen LogP contribution in [0.5, 0.6) is 0 Å². The number of pyridine rings is 1. The molecule has 20 heavy (non-hydrogen) atoms. The van der Waals surface area contributed by atoms with E-state index in [0.29, 0.717) is 0 Å². The summed E-state index contributed by atoms with van der Waals surface area (Å²) in [7, 11) is 0. The highest BCUT2D eigenvalue weighted by Crippen LogP contribution is 2.32. The first kappa shape index (κ1) is 12.6. The van der Waals surface area contributed by atoms with E-state index < -0.39 is 0 Å². The van der Waals surface area contributed by atoms with Crippen LogP contribution < -0.4 is 5.32 Å². The van der Waals surface area contributed by atoms with Crippen molar-refractivity contribution in [2.24, 2.45) is 0 Å². The molecule has 1 saturated carbocycles. The second-order valence-corrected chi connectivity index (χ2v) is 6.42. The number of hydrogen-bond donors (Lipinski definition) is 1. The van der Waals surface area contributed by atoms with E-state index in [1.165, 1.54) is 54.3 Å². The Hall–Kier alpha value is -1.12. The number of aromatic nitrogens is 1. The molecule has 2 aliphatic carbocycles. The average Bonchev–Trinajstić information content (AvgIpc) is 3.29. The van der Waals surface area contributed by atoms with Crippen LogP contribution in [0.2, 0.25) is 5.02 Å². The average molecular weight is 287 g/mol. The first-order chi connectivity index (χ1) is 9.83. The van der Waals surface area contributed by atoms with Crippen molar-refractivity contribution in [1.29, 1.82) is 0 Å². The molecule has 0 spiro atoms. The molecule has 3 heteroatoms. The van der Waals surface area contributed by atoms with Crippen molar-refractivity contribution in [2.45, 2.75) is 51.1 Å². The van der Waals surface area contributed by atoms with Crippen LogP contribution in [0, 0.1) is 0 Å². The highest BCUT2D eigenvalue weighted by molar-refractivity contribution is 6.35. The molecule has 0 amide bonds. The summed E-state index contributed by atoms with van der Waals surface area (Å²) >= 11 is 6.36. The van der Waals surface area contributed by atoms with E-state index in [-0.39, 0.29) is 0 Å². The van der Waals surface area contributed by atoms with Crippen molar-refractivity contribution >= 4 is 22.5 Å². The minimum atomic E-state index is 0.733. The largest absolute Gasteiger partial charge is 0.310 e. The predicted octanol–water partition coefficient (Wildman–Crippen LogP) is 4.02. The number of aryl methyl sites for hydroxylation is 1. The molecule has 1 fully saturated rings. The van der Waals surface area contributed by atoms with Crippen LogP contribution in [0.15, 0.2) is 18.2 Å². The quantitative estimate of drug-likeness (QED) is 0.922. The Kier molecular flexibility index (Phi) is 3.16. The molecule has 2 aromatic rings. The molecule has 2 nitrogen and oxygen atoms in total. The predicted molar refractivity (Wildman–Crippen MR) is 83.3 cm³/mol. The lowest BCUT2D eigenvalue weighted by atomic mass is 9.90. The van der Waals surface area contributed by atoms with E-state index in [1.807, 2.05) is 12.1 Å². The molecule has 0 aliphatic heterocycles. The Balaban J connectivity index is 1.88. The van der Waals surface area contributed by atoms with Crippen molar-refractivity contribution < 1.29 is 0 Å². The maximum atomic E-state index is 6.36. The zero-order valence-corrected chi connectivity index (χ0v) is 12.3. The first-order valence-electron chi connectivity index (χ1n) is 7.65. The maximum Gasteiger partial charge on any atom is 0.0894 e. The maximum absolute atomic E-state index is 6.36. The number of hydrogen-bond acceptors (Lipinski definition) is 2. The van der Waals surface area contributed by atoms with Crippen molar-refractivity contribution in [1.82, 2.24) is 10.3 Å². The molecule has 0 atom stereocenters. The number of para-hydroxylation sites is 1. The van der Waals surface area contributed by atoms with Crippen LogP contribution in [0.4, 0.5) is 0 Å². The van der Waals surface area contributed by atoms with Crippen LogP contribution in [-0.2, 0) is 19.4 Å². The highest BCUT2D eigenvalue weighted by atomic mass is 35.5. The molecular formula is C17H19ClN2. The van der Waals surface area contributed by atoms with Gasteiger partial charge in [0.2, 0.25) is 0 Å². The lowest BCUT2D eigenvalue weighted by Crippen LogP contribution is -2.19. The molecule has 4 rings (SSSR count). The fourth-order valence-electron chi connectivity index (χ4n) is 3.24. The summed E-state index contributed by atoms with van der Waals surface area (Å²) in [6, 6.07) is 6.90. The van der Waals surface area contributed by atoms with Gasteiger partial charge in [0.25, 0.3) is 0 Å². The summed E-state index contributed by atoms with van der Waals surface area (Å²) in [6.45, 7) is 0.965. The number of nitrogens with zero attached hydrogens (tertiary/aromatic N) is 1. The zero-order valence-electron chi connectivity index (χ0n) is 11.6. The topological polar surface area (TPSA) is 24.9 Å². The minimum absolute atomic E-state index is 0.733. The number of fused-ring (bicyclic) bond motifs is 2. The van der Waals surface area contributed by atoms with E-state index in [4.69, 9.17) is 16.6 Å². The normalized spacial score (nSPS) is 18.2. The Morgan fingerprint density at radius 2 is 2.05 bits per heavy atom. The number of benzene rings is 1. The molecule has 1 N–H and O–H groups in total. The van der Waals surface area contributed by atoms with Crippen LogP contribution >= 0.6 is 11.6 Å². The second kappa shape index (κ2) is 5.01. The highest BCUT2D eigenvalue weighted by Gasteiger charge is 2.23. The Bertz CT molecular complexity index is 662. The van der Waals surface area contributed by atoms with Gasteiger partial charge in [-0.1, -0.05) is 23.7 Å². The fraction of sp³-hybridized carbons (Fsp3) is 0.471. The van der Waals surface area contributed by atoms with E-state index in [1.54, 1.807) is 0 Å². The summed E-state index contributed by atoms with van der Waals surface area (Å²) in [5, 5.41) is 5.69. The Labute approximate surface area is 124 Å². The third-order valence-corrected chi connectivity index (χ3v) is 4.81. The van der Waals surface area contributed by atoms with Gasteiger partial charge in [-0.25, -0.2) is 0 Å². The molecular weight excluding hydrogens is 268 g/mol. The number of rotatable bonds is 3. The van der Waals surface area contributed by atoms with Gasteiger partial charge in [0.15, 0.2) is 0 Å². The van der Waals surface area contributed by atoms with Gasteiger partial charge in [-0.3, -0.25) is 4.98 Å². The van der Waals surface area contributed by atoms with E-state index >= 15 is 0 Å². The van der Waals surface area contributed by atoms with Gasteiger partial charge in [0.05, 0.1) is 10.5 Å². The SMILES string of the molecule is Clc1cccc2c(CNC3CC3)c3c(nc12)CCCC3. The number of halogens is 1. The molecule has 2 aliphatic rings. The van der Waals surface area contributed by atoms with Gasteiger partial charge in [-0.15, -0.1) is 0 Å². The summed E-state index contributed by atoms with van der Waals surface area (Å²) < 4.78 is 0. The van der Waals surface area contributed by atoms with E-state index in [9.17, 15) is 0 Å². The van der Waals surface area contributed by atoms with Crippen LogP contribution in [0.1, 0.15) is 42.5 Å². The van der Waals surface area contributed by atoms with Crippen molar-refractivity contribution in [3.05, 3.63) is 40.0 Å². The Morgan fingerprint density at radius 3 is 2.90 bits per heavy atom. The number of nitrogens with one attached hydrogen (secondary N) is 1.